The first-order valence-corrected chi connectivity index (χ1v) is 6.28. The minimum atomic E-state index is -0.206. The average Bonchev–Trinajstić information content (AvgIpc) is 2.46. The Morgan fingerprint density at radius 2 is 1.89 bits per heavy atom. The van der Waals surface area contributed by atoms with E-state index < -0.39 is 0 Å². The fraction of sp³-hybridized carbons (Fsp3) is 0.267. The molecule has 4 nitrogen and oxygen atoms in total. The van der Waals surface area contributed by atoms with E-state index >= 15 is 0 Å². The van der Waals surface area contributed by atoms with Gasteiger partial charge >= 0.3 is 5.97 Å². The number of carbonyl (C=O) groups excluding carboxylic acids is 1. The molecule has 98 valence electrons. The second kappa shape index (κ2) is 7.26. The van der Waals surface area contributed by atoms with E-state index in [1.54, 1.807) is 24.8 Å². The molecule has 2 heterocycles. The molecule has 0 unspecified atom stereocenters. The van der Waals surface area contributed by atoms with Crippen molar-refractivity contribution in [2.45, 2.75) is 19.3 Å². The van der Waals surface area contributed by atoms with E-state index in [0.29, 0.717) is 6.61 Å². The molecular formula is C15H16N2O2. The Balaban J connectivity index is 1.65. The SMILES string of the molecule is O=C(Cc1cccnc1)OCCCc1ccncc1. The standard InChI is InChI=1S/C15H16N2O2/c18-15(11-14-3-1-7-17-12-14)19-10-2-4-13-5-8-16-9-6-13/h1,3,5-9,12H,2,4,10-11H2. The Labute approximate surface area is 112 Å². The summed E-state index contributed by atoms with van der Waals surface area (Å²) in [4.78, 5) is 19.5. The largest absolute Gasteiger partial charge is 0.465 e. The van der Waals surface area contributed by atoms with Gasteiger partial charge in [-0.2, -0.15) is 0 Å². The molecule has 0 fully saturated rings. The quantitative estimate of drug-likeness (QED) is 0.587. The molecule has 0 saturated heterocycles. The van der Waals surface area contributed by atoms with Crippen LogP contribution in [0.4, 0.5) is 0 Å². The Morgan fingerprint density at radius 1 is 1.05 bits per heavy atom. The number of nitrogens with zero attached hydrogens (tertiary/aromatic N) is 2. The third-order valence-corrected chi connectivity index (χ3v) is 2.69. The summed E-state index contributed by atoms with van der Waals surface area (Å²) < 4.78 is 5.19. The van der Waals surface area contributed by atoms with Gasteiger partial charge in [0.2, 0.25) is 0 Å². The second-order valence-electron chi connectivity index (χ2n) is 4.22. The molecule has 0 spiro atoms. The van der Waals surface area contributed by atoms with E-state index in [9.17, 15) is 4.79 Å². The number of hydrogen-bond donors (Lipinski definition) is 0. The van der Waals surface area contributed by atoms with Crippen LogP contribution in [0.2, 0.25) is 0 Å². The van der Waals surface area contributed by atoms with E-state index in [4.69, 9.17) is 4.74 Å². The smallest absolute Gasteiger partial charge is 0.310 e. The zero-order valence-electron chi connectivity index (χ0n) is 10.7. The normalized spacial score (nSPS) is 10.1. The van der Waals surface area contributed by atoms with E-state index in [1.165, 1.54) is 5.56 Å². The highest BCUT2D eigenvalue weighted by Crippen LogP contribution is 2.02. The molecule has 0 aromatic carbocycles. The van der Waals surface area contributed by atoms with Gasteiger partial charge in [-0.25, -0.2) is 0 Å². The third kappa shape index (κ3) is 4.87. The highest BCUT2D eigenvalue weighted by atomic mass is 16.5. The Morgan fingerprint density at radius 3 is 2.63 bits per heavy atom. The molecule has 2 aromatic heterocycles. The molecule has 2 rings (SSSR count). The first-order valence-electron chi connectivity index (χ1n) is 6.28. The Hall–Kier alpha value is -2.23. The summed E-state index contributed by atoms with van der Waals surface area (Å²) in [6, 6.07) is 7.62. The molecule has 0 aliphatic carbocycles. The number of rotatable bonds is 6. The van der Waals surface area contributed by atoms with Crippen molar-refractivity contribution in [1.29, 1.82) is 0 Å². The van der Waals surface area contributed by atoms with Crippen molar-refractivity contribution in [2.24, 2.45) is 0 Å². The highest BCUT2D eigenvalue weighted by molar-refractivity contribution is 5.72. The van der Waals surface area contributed by atoms with E-state index in [1.807, 2.05) is 24.3 Å². The van der Waals surface area contributed by atoms with Crippen LogP contribution in [-0.2, 0) is 22.4 Å². The van der Waals surface area contributed by atoms with Crippen LogP contribution >= 0.6 is 0 Å². The number of aromatic nitrogens is 2. The van der Waals surface area contributed by atoms with Gasteiger partial charge in [-0.1, -0.05) is 6.07 Å². The molecule has 2 aromatic rings. The minimum absolute atomic E-state index is 0.206. The van der Waals surface area contributed by atoms with Crippen molar-refractivity contribution < 1.29 is 9.53 Å². The van der Waals surface area contributed by atoms with Gasteiger partial charge in [0, 0.05) is 24.8 Å². The highest BCUT2D eigenvalue weighted by Gasteiger charge is 2.04. The average molecular weight is 256 g/mol. The van der Waals surface area contributed by atoms with E-state index in [0.717, 1.165) is 18.4 Å². The predicted molar refractivity (Wildman–Crippen MR) is 71.5 cm³/mol. The van der Waals surface area contributed by atoms with Crippen LogP contribution in [0.3, 0.4) is 0 Å². The van der Waals surface area contributed by atoms with Crippen LogP contribution in [0, 0.1) is 0 Å². The van der Waals surface area contributed by atoms with E-state index in [-0.39, 0.29) is 12.4 Å². The third-order valence-electron chi connectivity index (χ3n) is 2.69. The second-order valence-corrected chi connectivity index (χ2v) is 4.22. The van der Waals surface area contributed by atoms with Gasteiger partial charge in [-0.3, -0.25) is 14.8 Å². The lowest BCUT2D eigenvalue weighted by Gasteiger charge is -2.04. The van der Waals surface area contributed by atoms with Crippen LogP contribution in [-0.4, -0.2) is 22.5 Å². The van der Waals surface area contributed by atoms with Gasteiger partial charge in [0.15, 0.2) is 0 Å². The summed E-state index contributed by atoms with van der Waals surface area (Å²) in [6.07, 6.45) is 8.89. The summed E-state index contributed by atoms with van der Waals surface area (Å²) in [5, 5.41) is 0. The molecule has 0 amide bonds. The molecular weight excluding hydrogens is 240 g/mol. The maximum atomic E-state index is 11.6. The molecule has 0 aliphatic heterocycles. The minimum Gasteiger partial charge on any atom is -0.465 e. The number of hydrogen-bond acceptors (Lipinski definition) is 4. The molecule has 4 heteroatoms. The number of ether oxygens (including phenoxy) is 1. The molecule has 0 aliphatic rings. The monoisotopic (exact) mass is 256 g/mol. The molecule has 0 radical (unpaired) electrons. The van der Waals surface area contributed by atoms with Crippen molar-refractivity contribution in [3.05, 3.63) is 60.2 Å². The first-order chi connectivity index (χ1) is 9.34. The van der Waals surface area contributed by atoms with Crippen molar-refractivity contribution >= 4 is 5.97 Å². The maximum Gasteiger partial charge on any atom is 0.310 e. The Bertz CT molecular complexity index is 500. The van der Waals surface area contributed by atoms with Gasteiger partial charge in [0.1, 0.15) is 0 Å². The van der Waals surface area contributed by atoms with Crippen LogP contribution in [0.25, 0.3) is 0 Å². The summed E-state index contributed by atoms with van der Waals surface area (Å²) in [5.74, 6) is -0.206. The van der Waals surface area contributed by atoms with Crippen LogP contribution in [0.5, 0.6) is 0 Å². The lowest BCUT2D eigenvalue weighted by atomic mass is 10.1. The van der Waals surface area contributed by atoms with Crippen LogP contribution in [0.15, 0.2) is 49.1 Å². The maximum absolute atomic E-state index is 11.6. The first kappa shape index (κ1) is 13.2. The van der Waals surface area contributed by atoms with Crippen molar-refractivity contribution in [1.82, 2.24) is 9.97 Å². The zero-order valence-corrected chi connectivity index (χ0v) is 10.7. The number of aryl methyl sites for hydroxylation is 1. The molecule has 0 atom stereocenters. The fourth-order valence-corrected chi connectivity index (χ4v) is 1.73. The molecule has 0 saturated carbocycles. The van der Waals surface area contributed by atoms with Crippen LogP contribution < -0.4 is 0 Å². The summed E-state index contributed by atoms with van der Waals surface area (Å²) in [5.41, 5.74) is 2.08. The van der Waals surface area contributed by atoms with Crippen molar-refractivity contribution in [2.75, 3.05) is 6.61 Å². The number of carbonyl (C=O) groups is 1. The lowest BCUT2D eigenvalue weighted by Crippen LogP contribution is -2.09. The fourth-order valence-electron chi connectivity index (χ4n) is 1.73. The summed E-state index contributed by atoms with van der Waals surface area (Å²) >= 11 is 0. The van der Waals surface area contributed by atoms with Crippen molar-refractivity contribution in [3.63, 3.8) is 0 Å². The summed E-state index contributed by atoms with van der Waals surface area (Å²) in [6.45, 7) is 0.446. The van der Waals surface area contributed by atoms with Gasteiger partial charge in [0.25, 0.3) is 0 Å². The predicted octanol–water partition coefficient (Wildman–Crippen LogP) is 2.20. The van der Waals surface area contributed by atoms with Gasteiger partial charge in [-0.15, -0.1) is 0 Å². The topological polar surface area (TPSA) is 52.1 Å². The molecule has 0 bridgehead atoms. The van der Waals surface area contributed by atoms with Gasteiger partial charge < -0.3 is 4.74 Å². The van der Waals surface area contributed by atoms with Gasteiger partial charge in [0.05, 0.1) is 13.0 Å². The number of pyridine rings is 2. The van der Waals surface area contributed by atoms with Crippen LogP contribution in [0.1, 0.15) is 17.5 Å². The van der Waals surface area contributed by atoms with Crippen molar-refractivity contribution in [3.8, 4) is 0 Å². The van der Waals surface area contributed by atoms with E-state index in [2.05, 4.69) is 9.97 Å². The van der Waals surface area contributed by atoms with Gasteiger partial charge in [-0.05, 0) is 42.2 Å². The number of esters is 1. The lowest BCUT2D eigenvalue weighted by molar-refractivity contribution is -0.142. The Kier molecular flexibility index (Phi) is 5.05. The molecule has 0 N–H and O–H groups in total. The molecule has 19 heavy (non-hydrogen) atoms. The summed E-state index contributed by atoms with van der Waals surface area (Å²) in [7, 11) is 0. The zero-order chi connectivity index (χ0) is 13.3.